The maximum Gasteiger partial charge on any atom is 0.252 e. The van der Waals surface area contributed by atoms with Gasteiger partial charge in [-0.15, -0.1) is 5.10 Å². The molecule has 0 aliphatic carbocycles. The van der Waals surface area contributed by atoms with Crippen LogP contribution < -0.4 is 0 Å². The lowest BCUT2D eigenvalue weighted by Gasteiger charge is -2.28. The fourth-order valence-corrected chi connectivity index (χ4v) is 2.56. The number of aryl methyl sites for hydroxylation is 2. The van der Waals surface area contributed by atoms with Crippen molar-refractivity contribution in [3.8, 4) is 5.95 Å². The number of amides is 1. The largest absolute Gasteiger partial charge is 0.336 e. The number of hydrogen-bond donors (Lipinski definition) is 0. The Morgan fingerprint density at radius 1 is 1.30 bits per heavy atom. The van der Waals surface area contributed by atoms with Gasteiger partial charge in [-0.05, 0) is 26.8 Å². The van der Waals surface area contributed by atoms with Crippen LogP contribution in [0.15, 0.2) is 6.07 Å². The van der Waals surface area contributed by atoms with Gasteiger partial charge < -0.3 is 4.90 Å². The SMILES string of the molecule is Cc1cc(C)nc(-n2nnc3c2CCN(C=O)C3C)n1. The topological polar surface area (TPSA) is 76.8 Å². The van der Waals surface area contributed by atoms with Crippen LogP contribution in [0.2, 0.25) is 0 Å². The van der Waals surface area contributed by atoms with Gasteiger partial charge in [0, 0.05) is 24.4 Å². The van der Waals surface area contributed by atoms with E-state index in [4.69, 9.17) is 0 Å². The second-order valence-electron chi connectivity index (χ2n) is 5.05. The van der Waals surface area contributed by atoms with E-state index in [1.54, 1.807) is 9.58 Å². The first-order valence-corrected chi connectivity index (χ1v) is 6.58. The van der Waals surface area contributed by atoms with Crippen molar-refractivity contribution in [3.63, 3.8) is 0 Å². The zero-order chi connectivity index (χ0) is 14.3. The number of carbonyl (C=O) groups is 1. The molecule has 1 atom stereocenters. The van der Waals surface area contributed by atoms with E-state index in [1.807, 2.05) is 26.8 Å². The third kappa shape index (κ3) is 1.95. The summed E-state index contributed by atoms with van der Waals surface area (Å²) < 4.78 is 1.69. The minimum absolute atomic E-state index is 0.0593. The summed E-state index contributed by atoms with van der Waals surface area (Å²) in [5.74, 6) is 0.544. The molecule has 0 N–H and O–H groups in total. The highest BCUT2D eigenvalue weighted by atomic mass is 16.1. The zero-order valence-corrected chi connectivity index (χ0v) is 11.7. The normalized spacial score (nSPS) is 17.9. The molecule has 2 aromatic rings. The third-order valence-corrected chi connectivity index (χ3v) is 3.59. The van der Waals surface area contributed by atoms with Gasteiger partial charge in [-0.2, -0.15) is 4.68 Å². The van der Waals surface area contributed by atoms with E-state index in [-0.39, 0.29) is 6.04 Å². The van der Waals surface area contributed by atoms with Crippen molar-refractivity contribution < 1.29 is 4.79 Å². The molecule has 1 aliphatic rings. The average molecular weight is 272 g/mol. The summed E-state index contributed by atoms with van der Waals surface area (Å²) in [5.41, 5.74) is 3.61. The van der Waals surface area contributed by atoms with Crippen molar-refractivity contribution in [2.75, 3.05) is 6.54 Å². The highest BCUT2D eigenvalue weighted by Gasteiger charge is 2.29. The molecular formula is C13H16N6O. The van der Waals surface area contributed by atoms with Crippen molar-refractivity contribution in [3.05, 3.63) is 28.8 Å². The van der Waals surface area contributed by atoms with Crippen molar-refractivity contribution >= 4 is 6.41 Å². The minimum atomic E-state index is -0.0593. The van der Waals surface area contributed by atoms with Crippen LogP contribution in [0.1, 0.15) is 35.7 Å². The molecule has 0 bridgehead atoms. The van der Waals surface area contributed by atoms with E-state index in [0.717, 1.165) is 29.2 Å². The van der Waals surface area contributed by atoms with Crippen LogP contribution in [0.3, 0.4) is 0 Å². The predicted molar refractivity (Wildman–Crippen MR) is 71.3 cm³/mol. The van der Waals surface area contributed by atoms with E-state index in [2.05, 4.69) is 20.3 Å². The number of carbonyl (C=O) groups excluding carboxylic acids is 1. The van der Waals surface area contributed by atoms with Crippen LogP contribution in [0, 0.1) is 13.8 Å². The summed E-state index contributed by atoms with van der Waals surface area (Å²) in [6.45, 7) is 6.47. The quantitative estimate of drug-likeness (QED) is 0.754. The fraction of sp³-hybridized carbons (Fsp3) is 0.462. The first-order chi connectivity index (χ1) is 9.60. The third-order valence-electron chi connectivity index (χ3n) is 3.59. The lowest BCUT2D eigenvalue weighted by molar-refractivity contribution is -0.120. The zero-order valence-electron chi connectivity index (χ0n) is 11.7. The summed E-state index contributed by atoms with van der Waals surface area (Å²) in [6, 6.07) is 1.86. The molecule has 7 nitrogen and oxygen atoms in total. The maximum absolute atomic E-state index is 11.0. The molecule has 3 rings (SSSR count). The second-order valence-corrected chi connectivity index (χ2v) is 5.05. The molecule has 0 aromatic carbocycles. The standard InChI is InChI=1S/C13H16N6O/c1-8-6-9(2)15-13(14-8)19-11-4-5-18(7-20)10(3)12(11)16-17-19/h6-7,10H,4-5H2,1-3H3. The number of nitrogens with zero attached hydrogens (tertiary/aromatic N) is 6. The summed E-state index contributed by atoms with van der Waals surface area (Å²) in [7, 11) is 0. The predicted octanol–water partition coefficient (Wildman–Crippen LogP) is 0.750. The van der Waals surface area contributed by atoms with Crippen LogP contribution in [0.4, 0.5) is 0 Å². The van der Waals surface area contributed by atoms with Gasteiger partial charge >= 0.3 is 0 Å². The van der Waals surface area contributed by atoms with Gasteiger partial charge in [-0.25, -0.2) is 9.97 Å². The minimum Gasteiger partial charge on any atom is -0.336 e. The Hall–Kier alpha value is -2.31. The van der Waals surface area contributed by atoms with Gasteiger partial charge in [0.05, 0.1) is 11.7 Å². The Morgan fingerprint density at radius 3 is 2.65 bits per heavy atom. The van der Waals surface area contributed by atoms with E-state index >= 15 is 0 Å². The molecule has 0 radical (unpaired) electrons. The average Bonchev–Trinajstić information content (AvgIpc) is 2.83. The van der Waals surface area contributed by atoms with Crippen molar-refractivity contribution in [2.24, 2.45) is 0 Å². The summed E-state index contributed by atoms with van der Waals surface area (Å²) in [4.78, 5) is 21.5. The second kappa shape index (κ2) is 4.66. The van der Waals surface area contributed by atoms with Gasteiger partial charge in [0.15, 0.2) is 0 Å². The molecule has 0 fully saturated rings. The Bertz CT molecular complexity index is 645. The van der Waals surface area contributed by atoms with Crippen LogP contribution in [0.25, 0.3) is 5.95 Å². The monoisotopic (exact) mass is 272 g/mol. The summed E-state index contributed by atoms with van der Waals surface area (Å²) in [6.07, 6.45) is 1.57. The highest BCUT2D eigenvalue weighted by molar-refractivity contribution is 5.49. The smallest absolute Gasteiger partial charge is 0.252 e. The molecule has 1 aliphatic heterocycles. The van der Waals surface area contributed by atoms with E-state index < -0.39 is 0 Å². The number of aromatic nitrogens is 5. The van der Waals surface area contributed by atoms with Gasteiger partial charge in [0.25, 0.3) is 5.95 Å². The lowest BCUT2D eigenvalue weighted by Crippen LogP contribution is -2.33. The molecule has 2 aromatic heterocycles. The molecule has 0 saturated carbocycles. The number of rotatable bonds is 2. The molecule has 7 heteroatoms. The Balaban J connectivity index is 2.07. The molecule has 0 spiro atoms. The molecule has 1 unspecified atom stereocenters. The lowest BCUT2D eigenvalue weighted by atomic mass is 10.1. The number of hydrogen-bond acceptors (Lipinski definition) is 5. The van der Waals surface area contributed by atoms with Gasteiger partial charge in [-0.1, -0.05) is 5.21 Å². The Kier molecular flexibility index (Phi) is 2.96. The van der Waals surface area contributed by atoms with E-state index in [0.29, 0.717) is 18.9 Å². The Labute approximate surface area is 116 Å². The van der Waals surface area contributed by atoms with Crippen molar-refractivity contribution in [2.45, 2.75) is 33.2 Å². The molecular weight excluding hydrogens is 256 g/mol. The first-order valence-electron chi connectivity index (χ1n) is 6.58. The van der Waals surface area contributed by atoms with E-state index in [1.165, 1.54) is 0 Å². The summed E-state index contributed by atoms with van der Waals surface area (Å²) in [5, 5.41) is 8.37. The fourth-order valence-electron chi connectivity index (χ4n) is 2.56. The molecule has 104 valence electrons. The molecule has 20 heavy (non-hydrogen) atoms. The van der Waals surface area contributed by atoms with Crippen molar-refractivity contribution in [1.82, 2.24) is 29.9 Å². The van der Waals surface area contributed by atoms with Gasteiger partial charge in [-0.3, -0.25) is 4.79 Å². The van der Waals surface area contributed by atoms with Crippen molar-refractivity contribution in [1.29, 1.82) is 0 Å². The summed E-state index contributed by atoms with van der Waals surface area (Å²) >= 11 is 0. The van der Waals surface area contributed by atoms with Crippen LogP contribution in [0.5, 0.6) is 0 Å². The van der Waals surface area contributed by atoms with E-state index in [9.17, 15) is 4.79 Å². The first kappa shape index (κ1) is 12.7. The number of fused-ring (bicyclic) bond motifs is 1. The molecule has 0 saturated heterocycles. The van der Waals surface area contributed by atoms with Gasteiger partial charge in [0.2, 0.25) is 6.41 Å². The maximum atomic E-state index is 11.0. The van der Waals surface area contributed by atoms with Gasteiger partial charge in [0.1, 0.15) is 5.69 Å². The van der Waals surface area contributed by atoms with Crippen LogP contribution in [-0.2, 0) is 11.2 Å². The van der Waals surface area contributed by atoms with Crippen LogP contribution >= 0.6 is 0 Å². The van der Waals surface area contributed by atoms with Crippen LogP contribution in [-0.4, -0.2) is 42.8 Å². The highest BCUT2D eigenvalue weighted by Crippen LogP contribution is 2.26. The molecule has 1 amide bonds. The Morgan fingerprint density at radius 2 is 2.00 bits per heavy atom. The molecule has 3 heterocycles.